The van der Waals surface area contributed by atoms with Crippen LogP contribution in [-0.4, -0.2) is 35.1 Å². The van der Waals surface area contributed by atoms with Crippen molar-refractivity contribution in [1.82, 2.24) is 0 Å². The molecule has 0 atom stereocenters. The molecule has 0 saturated carbocycles. The standard InChI is InChI=1S/C5H9O7P/c1-11-5(12-2)3(4(6)7)13(8,9)10/h1-2H3,(H,6,7)(H2,8,9,10). The van der Waals surface area contributed by atoms with E-state index in [4.69, 9.17) is 14.9 Å². The van der Waals surface area contributed by atoms with Crippen molar-refractivity contribution in [2.45, 2.75) is 0 Å². The Bertz CT molecular complexity index is 269. The van der Waals surface area contributed by atoms with Crippen LogP contribution in [0.2, 0.25) is 0 Å². The van der Waals surface area contributed by atoms with Crippen molar-refractivity contribution >= 4 is 13.6 Å². The van der Waals surface area contributed by atoms with Gasteiger partial charge in [-0.1, -0.05) is 0 Å². The van der Waals surface area contributed by atoms with Crippen molar-refractivity contribution in [2.75, 3.05) is 14.2 Å². The van der Waals surface area contributed by atoms with Crippen LogP contribution in [0.25, 0.3) is 0 Å². The monoisotopic (exact) mass is 212 g/mol. The third-order valence-corrected chi connectivity index (χ3v) is 2.01. The molecule has 0 unspecified atom stereocenters. The van der Waals surface area contributed by atoms with Gasteiger partial charge in [-0.2, -0.15) is 0 Å². The Morgan fingerprint density at radius 2 is 1.62 bits per heavy atom. The normalized spacial score (nSPS) is 10.5. The van der Waals surface area contributed by atoms with E-state index in [1.54, 1.807) is 0 Å². The second-order valence-corrected chi connectivity index (χ2v) is 3.43. The summed E-state index contributed by atoms with van der Waals surface area (Å²) in [4.78, 5) is 27.6. The van der Waals surface area contributed by atoms with Gasteiger partial charge >= 0.3 is 19.5 Å². The largest absolute Gasteiger partial charge is 0.477 e. The van der Waals surface area contributed by atoms with Gasteiger partial charge in [0.25, 0.3) is 0 Å². The molecule has 0 fully saturated rings. The molecule has 13 heavy (non-hydrogen) atoms. The molecule has 0 aromatic rings. The minimum absolute atomic E-state index is 0.708. The molecule has 3 N–H and O–H groups in total. The highest BCUT2D eigenvalue weighted by molar-refractivity contribution is 7.58. The highest BCUT2D eigenvalue weighted by Crippen LogP contribution is 2.46. The summed E-state index contributed by atoms with van der Waals surface area (Å²) in [6, 6.07) is 0. The quantitative estimate of drug-likeness (QED) is 0.333. The van der Waals surface area contributed by atoms with E-state index in [9.17, 15) is 9.36 Å². The van der Waals surface area contributed by atoms with Crippen LogP contribution < -0.4 is 0 Å². The van der Waals surface area contributed by atoms with E-state index in [0.29, 0.717) is 0 Å². The maximum absolute atomic E-state index is 10.6. The third kappa shape index (κ3) is 3.06. The summed E-state index contributed by atoms with van der Waals surface area (Å²) >= 11 is 0. The zero-order valence-electron chi connectivity index (χ0n) is 6.92. The zero-order valence-corrected chi connectivity index (χ0v) is 7.82. The first-order valence-corrected chi connectivity index (χ1v) is 4.57. The van der Waals surface area contributed by atoms with Crippen molar-refractivity contribution in [3.05, 3.63) is 11.3 Å². The van der Waals surface area contributed by atoms with Crippen LogP contribution in [0.4, 0.5) is 0 Å². The summed E-state index contributed by atoms with van der Waals surface area (Å²) in [5.41, 5.74) is 0. The zero-order chi connectivity index (χ0) is 10.6. The van der Waals surface area contributed by atoms with Crippen LogP contribution >= 0.6 is 7.60 Å². The van der Waals surface area contributed by atoms with Crippen LogP contribution in [-0.2, 0) is 18.8 Å². The smallest absolute Gasteiger partial charge is 0.370 e. The van der Waals surface area contributed by atoms with Gasteiger partial charge in [0.05, 0.1) is 14.2 Å². The number of hydrogen-bond acceptors (Lipinski definition) is 4. The molecule has 0 aromatic carbocycles. The van der Waals surface area contributed by atoms with E-state index in [1.165, 1.54) is 0 Å². The lowest BCUT2D eigenvalue weighted by atomic mass is 10.6. The van der Waals surface area contributed by atoms with Crippen LogP contribution in [0.15, 0.2) is 11.3 Å². The Hall–Kier alpha value is -1.04. The topological polar surface area (TPSA) is 113 Å². The summed E-state index contributed by atoms with van der Waals surface area (Å²) in [6.45, 7) is 0. The van der Waals surface area contributed by atoms with E-state index in [0.717, 1.165) is 14.2 Å². The first-order chi connectivity index (χ1) is 5.84. The predicted octanol–water partition coefficient (Wildman–Crippen LogP) is -0.289. The number of rotatable bonds is 4. The molecule has 0 aliphatic carbocycles. The number of carboxylic acid groups (broad SMARTS) is 1. The molecule has 0 heterocycles. The van der Waals surface area contributed by atoms with Crippen LogP contribution in [0.3, 0.4) is 0 Å². The highest BCUT2D eigenvalue weighted by atomic mass is 31.2. The third-order valence-electron chi connectivity index (χ3n) is 1.06. The van der Waals surface area contributed by atoms with Gasteiger partial charge in [0, 0.05) is 0 Å². The number of aliphatic carboxylic acids is 1. The Morgan fingerprint density at radius 3 is 1.69 bits per heavy atom. The molecule has 0 rings (SSSR count). The summed E-state index contributed by atoms with van der Waals surface area (Å²) < 4.78 is 19.3. The van der Waals surface area contributed by atoms with Gasteiger partial charge in [0.1, 0.15) is 0 Å². The predicted molar refractivity (Wildman–Crippen MR) is 40.7 cm³/mol. The molecule has 0 radical (unpaired) electrons. The fourth-order valence-electron chi connectivity index (χ4n) is 0.608. The average Bonchev–Trinajstić information content (AvgIpc) is 1.96. The van der Waals surface area contributed by atoms with Crippen molar-refractivity contribution in [3.8, 4) is 0 Å². The number of ether oxygens (including phenoxy) is 2. The van der Waals surface area contributed by atoms with E-state index in [-0.39, 0.29) is 0 Å². The van der Waals surface area contributed by atoms with Crippen LogP contribution in [0.1, 0.15) is 0 Å². The van der Waals surface area contributed by atoms with E-state index in [2.05, 4.69) is 9.47 Å². The number of carbonyl (C=O) groups is 1. The maximum atomic E-state index is 10.6. The van der Waals surface area contributed by atoms with Gasteiger partial charge < -0.3 is 24.4 Å². The molecule has 0 aromatic heterocycles. The Balaban J connectivity index is 5.36. The Morgan fingerprint density at radius 1 is 1.23 bits per heavy atom. The summed E-state index contributed by atoms with van der Waals surface area (Å²) in [7, 11) is -2.81. The Labute approximate surface area is 73.7 Å². The molecule has 7 nitrogen and oxygen atoms in total. The number of carboxylic acids is 1. The van der Waals surface area contributed by atoms with Crippen molar-refractivity contribution in [2.24, 2.45) is 0 Å². The van der Waals surface area contributed by atoms with Crippen molar-refractivity contribution < 1.29 is 33.7 Å². The summed E-state index contributed by atoms with van der Waals surface area (Å²) in [5.74, 6) is -2.49. The first-order valence-electron chi connectivity index (χ1n) is 2.96. The molecule has 0 bridgehead atoms. The molecule has 0 amide bonds. The van der Waals surface area contributed by atoms with E-state index in [1.807, 2.05) is 0 Å². The van der Waals surface area contributed by atoms with Gasteiger partial charge in [-0.25, -0.2) is 4.79 Å². The SMILES string of the molecule is COC(OC)=C(C(=O)O)P(=O)(O)O. The molecular formula is C5H9O7P. The fourth-order valence-corrected chi connectivity index (χ4v) is 1.28. The molecule has 0 aliphatic heterocycles. The minimum atomic E-state index is -4.89. The van der Waals surface area contributed by atoms with Gasteiger partial charge in [0.2, 0.25) is 5.31 Å². The van der Waals surface area contributed by atoms with E-state index < -0.39 is 24.8 Å². The molecule has 0 spiro atoms. The fraction of sp³-hybridized carbons (Fsp3) is 0.400. The Kier molecular flexibility index (Phi) is 3.93. The highest BCUT2D eigenvalue weighted by Gasteiger charge is 2.34. The maximum Gasteiger partial charge on any atom is 0.370 e. The van der Waals surface area contributed by atoms with Gasteiger partial charge in [0.15, 0.2) is 0 Å². The molecule has 0 saturated heterocycles. The summed E-state index contributed by atoms with van der Waals surface area (Å²) in [6.07, 6.45) is 0. The lowest BCUT2D eigenvalue weighted by molar-refractivity contribution is -0.132. The lowest BCUT2D eigenvalue weighted by Gasteiger charge is -2.09. The van der Waals surface area contributed by atoms with Crippen molar-refractivity contribution in [3.63, 3.8) is 0 Å². The molecule has 0 aliphatic rings. The van der Waals surface area contributed by atoms with Crippen molar-refractivity contribution in [1.29, 1.82) is 0 Å². The molecule has 8 heteroatoms. The average molecular weight is 212 g/mol. The molecule has 76 valence electrons. The van der Waals surface area contributed by atoms with Crippen LogP contribution in [0.5, 0.6) is 0 Å². The second-order valence-electron chi connectivity index (χ2n) is 1.89. The van der Waals surface area contributed by atoms with Gasteiger partial charge in [-0.3, -0.25) is 4.57 Å². The van der Waals surface area contributed by atoms with Gasteiger partial charge in [-0.15, -0.1) is 0 Å². The second kappa shape index (κ2) is 4.27. The van der Waals surface area contributed by atoms with Crippen LogP contribution in [0, 0.1) is 0 Å². The minimum Gasteiger partial charge on any atom is -0.477 e. The first kappa shape index (κ1) is 12.0. The number of methoxy groups -OCH3 is 2. The lowest BCUT2D eigenvalue weighted by Crippen LogP contribution is -2.08. The van der Waals surface area contributed by atoms with Gasteiger partial charge in [-0.05, 0) is 0 Å². The molecular weight excluding hydrogens is 203 g/mol. The summed E-state index contributed by atoms with van der Waals surface area (Å²) in [5, 5.41) is 7.23. The van der Waals surface area contributed by atoms with E-state index >= 15 is 0 Å². The number of hydrogen-bond donors (Lipinski definition) is 3.